The van der Waals surface area contributed by atoms with Crippen LogP contribution in [0.15, 0.2) is 23.2 Å². The molecule has 1 aliphatic carbocycles. The minimum Gasteiger partial charge on any atom is -0.495 e. The quantitative estimate of drug-likeness (QED) is 0.588. The molecule has 0 bridgehead atoms. The smallest absolute Gasteiger partial charge is 0.193 e. The Morgan fingerprint density at radius 3 is 2.95 bits per heavy atom. The number of guanidine groups is 1. The fraction of sp³-hybridized carbons (Fsp3) is 0.500. The summed E-state index contributed by atoms with van der Waals surface area (Å²) in [6.07, 6.45) is 2.68. The van der Waals surface area contributed by atoms with Crippen molar-refractivity contribution in [2.45, 2.75) is 25.4 Å². The minimum absolute atomic E-state index is 0.217. The maximum Gasteiger partial charge on any atom is 0.193 e. The van der Waals surface area contributed by atoms with Crippen molar-refractivity contribution in [1.29, 1.82) is 0 Å². The van der Waals surface area contributed by atoms with Crippen molar-refractivity contribution < 1.29 is 9.84 Å². The van der Waals surface area contributed by atoms with Crippen LogP contribution in [0.5, 0.6) is 5.75 Å². The Labute approximate surface area is 123 Å². The average molecular weight is 298 g/mol. The highest BCUT2D eigenvalue weighted by molar-refractivity contribution is 6.32. The van der Waals surface area contributed by atoms with Crippen LogP contribution in [0.1, 0.15) is 19.3 Å². The Balaban J connectivity index is 1.93. The van der Waals surface area contributed by atoms with E-state index in [4.69, 9.17) is 22.1 Å². The Morgan fingerprint density at radius 2 is 2.35 bits per heavy atom. The topological polar surface area (TPSA) is 79.9 Å². The van der Waals surface area contributed by atoms with E-state index in [9.17, 15) is 5.11 Å². The van der Waals surface area contributed by atoms with Crippen LogP contribution in [0, 0.1) is 5.92 Å². The number of aliphatic imine (C=N–C) groups is 1. The summed E-state index contributed by atoms with van der Waals surface area (Å²) in [5.41, 5.74) is 6.59. The van der Waals surface area contributed by atoms with Gasteiger partial charge in [-0.3, -0.25) is 4.99 Å². The maximum atomic E-state index is 9.72. The van der Waals surface area contributed by atoms with Crippen molar-refractivity contribution in [3.63, 3.8) is 0 Å². The molecular weight excluding hydrogens is 278 g/mol. The summed E-state index contributed by atoms with van der Waals surface area (Å²) < 4.78 is 5.08. The van der Waals surface area contributed by atoms with Gasteiger partial charge < -0.3 is 20.9 Å². The van der Waals surface area contributed by atoms with E-state index >= 15 is 0 Å². The third kappa shape index (κ3) is 3.77. The molecule has 2 rings (SSSR count). The Kier molecular flexibility index (Phi) is 5.09. The first-order chi connectivity index (χ1) is 9.60. The normalized spacial score (nSPS) is 22.9. The molecule has 1 aromatic rings. The Bertz CT molecular complexity index is 493. The number of aliphatic hydroxyl groups excluding tert-OH is 1. The molecule has 1 aromatic carbocycles. The lowest BCUT2D eigenvalue weighted by molar-refractivity contribution is 0.137. The first-order valence-electron chi connectivity index (χ1n) is 6.68. The standard InChI is InChI=1S/C14H20ClN3O2/c1-20-13-6-5-10(7-11(13)15)18-14(16)17-8-9-3-2-4-12(9)19/h5-7,9,12,19H,2-4,8H2,1H3,(H3,16,17,18). The van der Waals surface area contributed by atoms with E-state index in [2.05, 4.69) is 10.3 Å². The van der Waals surface area contributed by atoms with Gasteiger partial charge in [0.15, 0.2) is 5.96 Å². The lowest BCUT2D eigenvalue weighted by Crippen LogP contribution is -2.25. The third-order valence-electron chi connectivity index (χ3n) is 3.54. The largest absolute Gasteiger partial charge is 0.495 e. The van der Waals surface area contributed by atoms with Gasteiger partial charge >= 0.3 is 0 Å². The first-order valence-corrected chi connectivity index (χ1v) is 7.06. The van der Waals surface area contributed by atoms with Crippen LogP contribution in [0.25, 0.3) is 0 Å². The fourth-order valence-electron chi connectivity index (χ4n) is 2.38. The molecule has 0 amide bonds. The zero-order chi connectivity index (χ0) is 14.5. The molecule has 0 aliphatic heterocycles. The van der Waals surface area contributed by atoms with Crippen LogP contribution in [0.3, 0.4) is 0 Å². The highest BCUT2D eigenvalue weighted by atomic mass is 35.5. The number of hydrogen-bond donors (Lipinski definition) is 3. The SMILES string of the molecule is COc1ccc(NC(N)=NCC2CCCC2O)cc1Cl. The van der Waals surface area contributed by atoms with Gasteiger partial charge in [0.05, 0.1) is 18.2 Å². The van der Waals surface area contributed by atoms with E-state index in [1.54, 1.807) is 19.2 Å². The lowest BCUT2D eigenvalue weighted by atomic mass is 10.1. The van der Waals surface area contributed by atoms with Crippen molar-refractivity contribution in [2.24, 2.45) is 16.6 Å². The van der Waals surface area contributed by atoms with Crippen LogP contribution in [0.2, 0.25) is 5.02 Å². The summed E-state index contributed by atoms with van der Waals surface area (Å²) >= 11 is 6.03. The van der Waals surface area contributed by atoms with E-state index in [1.807, 2.05) is 6.07 Å². The second-order valence-corrected chi connectivity index (χ2v) is 5.37. The summed E-state index contributed by atoms with van der Waals surface area (Å²) in [4.78, 5) is 4.27. The predicted molar refractivity (Wildman–Crippen MR) is 81.5 cm³/mol. The molecule has 1 aliphatic rings. The molecule has 110 valence electrons. The molecule has 2 unspecified atom stereocenters. The van der Waals surface area contributed by atoms with Gasteiger partial charge in [0.25, 0.3) is 0 Å². The number of nitrogens with two attached hydrogens (primary N) is 1. The van der Waals surface area contributed by atoms with Crippen LogP contribution in [-0.4, -0.2) is 30.8 Å². The number of nitrogens with zero attached hydrogens (tertiary/aromatic N) is 1. The van der Waals surface area contributed by atoms with Crippen LogP contribution in [0.4, 0.5) is 5.69 Å². The van der Waals surface area contributed by atoms with E-state index in [0.29, 0.717) is 23.3 Å². The molecule has 20 heavy (non-hydrogen) atoms. The van der Waals surface area contributed by atoms with Crippen LogP contribution < -0.4 is 15.8 Å². The second-order valence-electron chi connectivity index (χ2n) is 4.96. The molecule has 0 radical (unpaired) electrons. The molecule has 0 spiro atoms. The van der Waals surface area contributed by atoms with E-state index < -0.39 is 0 Å². The Hall–Kier alpha value is -1.46. The number of halogens is 1. The second kappa shape index (κ2) is 6.81. The lowest BCUT2D eigenvalue weighted by Gasteiger charge is -2.12. The van der Waals surface area contributed by atoms with Gasteiger partial charge in [0.2, 0.25) is 0 Å². The van der Waals surface area contributed by atoms with Crippen LogP contribution in [-0.2, 0) is 0 Å². The van der Waals surface area contributed by atoms with Crippen molar-refractivity contribution >= 4 is 23.2 Å². The molecule has 5 nitrogen and oxygen atoms in total. The van der Waals surface area contributed by atoms with E-state index in [1.165, 1.54) is 0 Å². The molecule has 0 saturated heterocycles. The molecule has 2 atom stereocenters. The van der Waals surface area contributed by atoms with Crippen LogP contribution >= 0.6 is 11.6 Å². The van der Waals surface area contributed by atoms with Gasteiger partial charge in [-0.15, -0.1) is 0 Å². The number of benzene rings is 1. The van der Waals surface area contributed by atoms with Gasteiger partial charge in [-0.2, -0.15) is 0 Å². The maximum absolute atomic E-state index is 9.72. The van der Waals surface area contributed by atoms with E-state index in [0.717, 1.165) is 24.9 Å². The average Bonchev–Trinajstić information content (AvgIpc) is 2.82. The first kappa shape index (κ1) is 14.9. The van der Waals surface area contributed by atoms with Crippen molar-refractivity contribution in [3.05, 3.63) is 23.2 Å². The minimum atomic E-state index is -0.248. The molecule has 1 saturated carbocycles. The molecule has 4 N–H and O–H groups in total. The van der Waals surface area contributed by atoms with Gasteiger partial charge in [-0.05, 0) is 31.0 Å². The molecular formula is C14H20ClN3O2. The van der Waals surface area contributed by atoms with Gasteiger partial charge in [-0.25, -0.2) is 0 Å². The van der Waals surface area contributed by atoms with E-state index in [-0.39, 0.29) is 12.0 Å². The number of anilines is 1. The number of nitrogens with one attached hydrogen (secondary N) is 1. The number of rotatable bonds is 4. The predicted octanol–water partition coefficient (Wildman–Crippen LogP) is 2.24. The molecule has 1 fully saturated rings. The summed E-state index contributed by atoms with van der Waals surface area (Å²) in [6, 6.07) is 5.31. The number of hydrogen-bond acceptors (Lipinski definition) is 3. The number of aliphatic hydroxyl groups is 1. The zero-order valence-electron chi connectivity index (χ0n) is 11.5. The highest BCUT2D eigenvalue weighted by Crippen LogP contribution is 2.27. The van der Waals surface area contributed by atoms with Gasteiger partial charge in [-0.1, -0.05) is 18.0 Å². The fourth-order valence-corrected chi connectivity index (χ4v) is 2.64. The van der Waals surface area contributed by atoms with Gasteiger partial charge in [0, 0.05) is 18.2 Å². The molecule has 0 heterocycles. The summed E-state index contributed by atoms with van der Waals surface area (Å²) in [7, 11) is 1.57. The Morgan fingerprint density at radius 1 is 1.55 bits per heavy atom. The molecule has 0 aromatic heterocycles. The third-order valence-corrected chi connectivity index (χ3v) is 3.83. The number of ether oxygens (including phenoxy) is 1. The van der Waals surface area contributed by atoms with Gasteiger partial charge in [0.1, 0.15) is 5.75 Å². The number of methoxy groups -OCH3 is 1. The molecule has 6 heteroatoms. The summed E-state index contributed by atoms with van der Waals surface area (Å²) in [5.74, 6) is 1.15. The van der Waals surface area contributed by atoms with Crippen molar-refractivity contribution in [2.75, 3.05) is 19.0 Å². The zero-order valence-corrected chi connectivity index (χ0v) is 12.2. The van der Waals surface area contributed by atoms with Crippen molar-refractivity contribution in [3.8, 4) is 5.75 Å². The monoisotopic (exact) mass is 297 g/mol. The summed E-state index contributed by atoms with van der Waals surface area (Å²) in [6.45, 7) is 0.546. The summed E-state index contributed by atoms with van der Waals surface area (Å²) in [5, 5.41) is 13.2. The highest BCUT2D eigenvalue weighted by Gasteiger charge is 2.24. The van der Waals surface area contributed by atoms with Crippen molar-refractivity contribution in [1.82, 2.24) is 0 Å².